The van der Waals surface area contributed by atoms with Crippen molar-refractivity contribution in [2.45, 2.75) is 32.4 Å². The Morgan fingerprint density at radius 1 is 1.08 bits per heavy atom. The van der Waals surface area contributed by atoms with Gasteiger partial charge in [0.15, 0.2) is 5.11 Å². The van der Waals surface area contributed by atoms with Gasteiger partial charge in [0, 0.05) is 23.7 Å². The average molecular weight is 359 g/mol. The fourth-order valence-corrected chi connectivity index (χ4v) is 3.47. The smallest absolute Gasteiger partial charge is 0.170 e. The number of rotatable bonds is 7. The van der Waals surface area contributed by atoms with Crippen LogP contribution in [0.2, 0.25) is 0 Å². The third-order valence-corrected chi connectivity index (χ3v) is 5.14. The third-order valence-electron chi connectivity index (χ3n) is 3.89. The molecule has 0 bridgehead atoms. The van der Waals surface area contributed by atoms with Gasteiger partial charge >= 0.3 is 0 Å². The molecule has 0 atom stereocenters. The Morgan fingerprint density at radius 3 is 2.46 bits per heavy atom. The van der Waals surface area contributed by atoms with Crippen LogP contribution in [-0.2, 0) is 5.75 Å². The first kappa shape index (κ1) is 18.8. The van der Waals surface area contributed by atoms with Gasteiger partial charge in [-0.1, -0.05) is 50.2 Å². The number of thioether (sulfide) groups is 1. The van der Waals surface area contributed by atoms with Crippen molar-refractivity contribution in [3.8, 4) is 0 Å². The summed E-state index contributed by atoms with van der Waals surface area (Å²) in [5, 5.41) is 7.19. The van der Waals surface area contributed by atoms with Crippen molar-refractivity contribution in [3.05, 3.63) is 65.2 Å². The van der Waals surface area contributed by atoms with Gasteiger partial charge < -0.3 is 10.6 Å². The van der Waals surface area contributed by atoms with Gasteiger partial charge in [0.1, 0.15) is 0 Å². The van der Waals surface area contributed by atoms with Crippen LogP contribution in [-0.4, -0.2) is 17.4 Å². The number of thiocarbonyl (C=S) groups is 1. The highest BCUT2D eigenvalue weighted by Crippen LogP contribution is 2.17. The summed E-state index contributed by atoms with van der Waals surface area (Å²) in [7, 11) is 0. The van der Waals surface area contributed by atoms with Crippen LogP contribution < -0.4 is 10.6 Å². The van der Waals surface area contributed by atoms with E-state index >= 15 is 0 Å². The molecule has 2 rings (SSSR count). The zero-order valence-corrected chi connectivity index (χ0v) is 16.3. The van der Waals surface area contributed by atoms with Crippen LogP contribution in [0.25, 0.3) is 0 Å². The Kier molecular flexibility index (Phi) is 7.60. The molecule has 128 valence electrons. The molecule has 0 aliphatic heterocycles. The maximum atomic E-state index is 5.35. The quantitative estimate of drug-likeness (QED) is 0.515. The second-order valence-corrected chi connectivity index (χ2v) is 7.65. The lowest BCUT2D eigenvalue weighted by atomic mass is 10.0. The number of hydrogen-bond acceptors (Lipinski definition) is 2. The molecule has 0 saturated carbocycles. The van der Waals surface area contributed by atoms with Crippen LogP contribution in [0.15, 0.2) is 48.5 Å². The predicted octanol–water partition coefficient (Wildman–Crippen LogP) is 5.34. The summed E-state index contributed by atoms with van der Waals surface area (Å²) in [6.07, 6.45) is 0. The number of aryl methyl sites for hydroxylation is 1. The minimum absolute atomic E-state index is 0.550. The molecule has 0 aliphatic carbocycles. The molecule has 0 spiro atoms. The van der Waals surface area contributed by atoms with E-state index in [0.29, 0.717) is 11.0 Å². The summed E-state index contributed by atoms with van der Waals surface area (Å²) in [4.78, 5) is 0. The van der Waals surface area contributed by atoms with Crippen LogP contribution in [0.1, 0.15) is 36.5 Å². The van der Waals surface area contributed by atoms with Crippen molar-refractivity contribution >= 4 is 34.8 Å². The molecule has 4 heteroatoms. The van der Waals surface area contributed by atoms with E-state index in [1.165, 1.54) is 16.7 Å². The Labute approximate surface area is 155 Å². The highest BCUT2D eigenvalue weighted by molar-refractivity contribution is 7.98. The summed E-state index contributed by atoms with van der Waals surface area (Å²) < 4.78 is 0. The van der Waals surface area contributed by atoms with Crippen molar-refractivity contribution in [2.75, 3.05) is 17.6 Å². The largest absolute Gasteiger partial charge is 0.362 e. The Hall–Kier alpha value is -1.52. The molecule has 24 heavy (non-hydrogen) atoms. The SMILES string of the molecule is Cc1ccccc1CSCCNC(=S)Nc1ccc(C(C)C)cc1. The first-order valence-electron chi connectivity index (χ1n) is 8.33. The van der Waals surface area contributed by atoms with Gasteiger partial charge in [-0.3, -0.25) is 0 Å². The van der Waals surface area contributed by atoms with Crippen molar-refractivity contribution in [2.24, 2.45) is 0 Å². The molecule has 0 aromatic heterocycles. The third kappa shape index (κ3) is 6.17. The lowest BCUT2D eigenvalue weighted by Gasteiger charge is -2.12. The predicted molar refractivity (Wildman–Crippen MR) is 112 cm³/mol. The zero-order valence-electron chi connectivity index (χ0n) is 14.6. The van der Waals surface area contributed by atoms with E-state index in [4.69, 9.17) is 12.2 Å². The first-order chi connectivity index (χ1) is 11.6. The van der Waals surface area contributed by atoms with Crippen LogP contribution >= 0.6 is 24.0 Å². The van der Waals surface area contributed by atoms with Gasteiger partial charge in [-0.2, -0.15) is 11.8 Å². The molecule has 0 amide bonds. The standard InChI is InChI=1S/C20H26N2S2/c1-15(2)17-8-10-19(11-9-17)22-20(23)21-12-13-24-14-18-7-5-4-6-16(18)3/h4-11,15H,12-14H2,1-3H3,(H2,21,22,23). The van der Waals surface area contributed by atoms with E-state index < -0.39 is 0 Å². The maximum Gasteiger partial charge on any atom is 0.170 e. The summed E-state index contributed by atoms with van der Waals surface area (Å²) in [6, 6.07) is 17.0. The molecule has 0 unspecified atom stereocenters. The first-order valence-corrected chi connectivity index (χ1v) is 9.89. The average Bonchev–Trinajstić information content (AvgIpc) is 2.56. The fourth-order valence-electron chi connectivity index (χ4n) is 2.32. The molecule has 0 fully saturated rings. The highest BCUT2D eigenvalue weighted by Gasteiger charge is 2.01. The van der Waals surface area contributed by atoms with E-state index in [1.54, 1.807) is 0 Å². The minimum Gasteiger partial charge on any atom is -0.362 e. The van der Waals surface area contributed by atoms with Gasteiger partial charge in [0.05, 0.1) is 0 Å². The normalized spacial score (nSPS) is 10.7. The van der Waals surface area contributed by atoms with Gasteiger partial charge in [-0.25, -0.2) is 0 Å². The van der Waals surface area contributed by atoms with Gasteiger partial charge in [-0.15, -0.1) is 0 Å². The van der Waals surface area contributed by atoms with Gasteiger partial charge in [0.2, 0.25) is 0 Å². The molecule has 2 aromatic carbocycles. The Balaban J connectivity index is 1.65. The molecular formula is C20H26N2S2. The molecular weight excluding hydrogens is 332 g/mol. The van der Waals surface area contributed by atoms with E-state index in [1.807, 2.05) is 11.8 Å². The number of benzene rings is 2. The second-order valence-electron chi connectivity index (χ2n) is 6.14. The topological polar surface area (TPSA) is 24.1 Å². The van der Waals surface area contributed by atoms with Crippen LogP contribution in [0.5, 0.6) is 0 Å². The molecule has 0 heterocycles. The zero-order chi connectivity index (χ0) is 17.4. The summed E-state index contributed by atoms with van der Waals surface area (Å²) in [5.74, 6) is 2.63. The Bertz CT molecular complexity index is 651. The fraction of sp³-hybridized carbons (Fsp3) is 0.350. The van der Waals surface area contributed by atoms with Crippen molar-refractivity contribution < 1.29 is 0 Å². The van der Waals surface area contributed by atoms with Crippen LogP contribution in [0.4, 0.5) is 5.69 Å². The highest BCUT2D eigenvalue weighted by atomic mass is 32.2. The summed E-state index contributed by atoms with van der Waals surface area (Å²) in [6.45, 7) is 7.43. The number of hydrogen-bond donors (Lipinski definition) is 2. The monoisotopic (exact) mass is 358 g/mol. The van der Waals surface area contributed by atoms with Crippen molar-refractivity contribution in [1.82, 2.24) is 5.32 Å². The van der Waals surface area contributed by atoms with Crippen LogP contribution in [0, 0.1) is 6.92 Å². The van der Waals surface area contributed by atoms with Crippen LogP contribution in [0.3, 0.4) is 0 Å². The molecule has 2 nitrogen and oxygen atoms in total. The summed E-state index contributed by atoms with van der Waals surface area (Å²) >= 11 is 7.28. The van der Waals surface area contributed by atoms with E-state index in [9.17, 15) is 0 Å². The molecule has 2 aromatic rings. The van der Waals surface area contributed by atoms with E-state index in [-0.39, 0.29) is 0 Å². The van der Waals surface area contributed by atoms with Gasteiger partial charge in [-0.05, 0) is 53.9 Å². The summed E-state index contributed by atoms with van der Waals surface area (Å²) in [5.41, 5.74) is 5.14. The second kappa shape index (κ2) is 9.70. The van der Waals surface area contributed by atoms with E-state index in [2.05, 4.69) is 79.9 Å². The van der Waals surface area contributed by atoms with Crippen molar-refractivity contribution in [1.29, 1.82) is 0 Å². The molecule has 0 saturated heterocycles. The molecule has 0 aliphatic rings. The molecule has 2 N–H and O–H groups in total. The van der Waals surface area contributed by atoms with E-state index in [0.717, 1.165) is 23.7 Å². The molecule has 0 radical (unpaired) electrons. The maximum absolute atomic E-state index is 5.35. The number of nitrogens with one attached hydrogen (secondary N) is 2. The minimum atomic E-state index is 0.550. The lowest BCUT2D eigenvalue weighted by molar-refractivity contribution is 0.867. The van der Waals surface area contributed by atoms with Gasteiger partial charge in [0.25, 0.3) is 0 Å². The van der Waals surface area contributed by atoms with Crippen molar-refractivity contribution in [3.63, 3.8) is 0 Å². The number of anilines is 1. The lowest BCUT2D eigenvalue weighted by Crippen LogP contribution is -2.30. The Morgan fingerprint density at radius 2 is 1.79 bits per heavy atom.